The second kappa shape index (κ2) is 5.76. The first kappa shape index (κ1) is 16.7. The Balaban J connectivity index is 1.75. The molecular formula is C20H25NO3. The third-order valence-corrected chi connectivity index (χ3v) is 6.16. The quantitative estimate of drug-likeness (QED) is 0.665. The summed E-state index contributed by atoms with van der Waals surface area (Å²) in [6, 6.07) is 7.11. The number of rotatable bonds is 4. The maximum absolute atomic E-state index is 12.8. The van der Waals surface area contributed by atoms with Crippen LogP contribution in [0.4, 0.5) is 5.69 Å². The predicted octanol–water partition coefficient (Wildman–Crippen LogP) is 4.18. The third kappa shape index (κ3) is 2.36. The summed E-state index contributed by atoms with van der Waals surface area (Å²) < 4.78 is 4.97. The molecule has 4 heteroatoms. The molecule has 24 heavy (non-hydrogen) atoms. The molecule has 1 aromatic carbocycles. The average molecular weight is 327 g/mol. The van der Waals surface area contributed by atoms with Crippen LogP contribution in [0.15, 0.2) is 36.0 Å². The maximum Gasteiger partial charge on any atom is 0.338 e. The van der Waals surface area contributed by atoms with Gasteiger partial charge in [0.25, 0.3) is 0 Å². The first-order valence-corrected chi connectivity index (χ1v) is 8.60. The molecule has 2 saturated carbocycles. The Morgan fingerprint density at radius 2 is 1.96 bits per heavy atom. The molecule has 4 nitrogen and oxygen atoms in total. The molecule has 2 bridgehead atoms. The van der Waals surface area contributed by atoms with Gasteiger partial charge in [-0.3, -0.25) is 4.79 Å². The molecule has 0 aliphatic heterocycles. The van der Waals surface area contributed by atoms with Crippen LogP contribution in [-0.2, 0) is 9.53 Å². The van der Waals surface area contributed by atoms with Gasteiger partial charge in [-0.15, -0.1) is 0 Å². The van der Waals surface area contributed by atoms with Crippen molar-refractivity contribution in [2.24, 2.45) is 16.7 Å². The van der Waals surface area contributed by atoms with Gasteiger partial charge in [-0.1, -0.05) is 20.8 Å². The van der Waals surface area contributed by atoms with E-state index in [1.54, 1.807) is 19.1 Å². The van der Waals surface area contributed by atoms with Gasteiger partial charge in [-0.2, -0.15) is 0 Å². The minimum Gasteiger partial charge on any atom is -0.462 e. The van der Waals surface area contributed by atoms with Crippen LogP contribution < -0.4 is 5.32 Å². The van der Waals surface area contributed by atoms with Crippen LogP contribution in [0.3, 0.4) is 0 Å². The standard InChI is InChI=1S/C20H25NO3/c1-5-24-18(23)13-6-8-14(9-7-13)21-12-15-16-10-11-20(4,17(15)22)19(16,2)3/h6-9,12,16,21H,5,10-11H2,1-4H3/t16-,20-/m1/s1. The van der Waals surface area contributed by atoms with Crippen LogP contribution in [-0.4, -0.2) is 18.4 Å². The number of carbonyl (C=O) groups is 2. The Kier molecular flexibility index (Phi) is 4.02. The first-order valence-electron chi connectivity index (χ1n) is 8.60. The highest BCUT2D eigenvalue weighted by Gasteiger charge is 2.63. The Morgan fingerprint density at radius 1 is 1.29 bits per heavy atom. The highest BCUT2D eigenvalue weighted by Crippen LogP contribution is 2.65. The summed E-state index contributed by atoms with van der Waals surface area (Å²) in [7, 11) is 0. The topological polar surface area (TPSA) is 55.4 Å². The van der Waals surface area contributed by atoms with Gasteiger partial charge in [0.05, 0.1) is 12.2 Å². The lowest BCUT2D eigenvalue weighted by Gasteiger charge is -2.31. The predicted molar refractivity (Wildman–Crippen MR) is 93.7 cm³/mol. The monoisotopic (exact) mass is 327 g/mol. The van der Waals surface area contributed by atoms with Crippen LogP contribution in [0.25, 0.3) is 0 Å². The summed E-state index contributed by atoms with van der Waals surface area (Å²) in [5.41, 5.74) is 2.07. The summed E-state index contributed by atoms with van der Waals surface area (Å²) in [6.45, 7) is 8.66. The second-order valence-electron chi connectivity index (χ2n) is 7.52. The summed E-state index contributed by atoms with van der Waals surface area (Å²) in [5.74, 6) is 0.279. The number of benzene rings is 1. The number of hydrogen-bond donors (Lipinski definition) is 1. The molecule has 2 aliphatic rings. The number of hydrogen-bond acceptors (Lipinski definition) is 4. The zero-order valence-corrected chi connectivity index (χ0v) is 14.8. The normalized spacial score (nSPS) is 29.1. The molecule has 2 atom stereocenters. The van der Waals surface area contributed by atoms with E-state index in [-0.39, 0.29) is 22.6 Å². The number of fused-ring (bicyclic) bond motifs is 2. The molecule has 0 radical (unpaired) electrons. The van der Waals surface area contributed by atoms with E-state index in [1.165, 1.54) is 0 Å². The van der Waals surface area contributed by atoms with Gasteiger partial charge >= 0.3 is 5.97 Å². The number of anilines is 1. The lowest BCUT2D eigenvalue weighted by Crippen LogP contribution is -2.32. The summed E-state index contributed by atoms with van der Waals surface area (Å²) in [6.07, 6.45) is 3.91. The minimum absolute atomic E-state index is 0.0192. The molecule has 0 amide bonds. The SMILES string of the molecule is CCOC(=O)c1ccc(NC=C2C(=O)[C@@]3(C)CC[C@H]2C3(C)C)cc1. The van der Waals surface area contributed by atoms with Crippen LogP contribution >= 0.6 is 0 Å². The lowest BCUT2D eigenvalue weighted by molar-refractivity contribution is -0.125. The van der Waals surface area contributed by atoms with Gasteiger partial charge in [-0.05, 0) is 55.4 Å². The van der Waals surface area contributed by atoms with Gasteiger partial charge in [0.15, 0.2) is 5.78 Å². The summed E-state index contributed by atoms with van der Waals surface area (Å²) >= 11 is 0. The number of ketones is 1. The third-order valence-electron chi connectivity index (χ3n) is 6.16. The number of nitrogens with one attached hydrogen (secondary N) is 1. The molecule has 2 fully saturated rings. The van der Waals surface area contributed by atoms with Crippen molar-refractivity contribution in [3.63, 3.8) is 0 Å². The van der Waals surface area contributed by atoms with Crippen molar-refractivity contribution in [3.05, 3.63) is 41.6 Å². The largest absolute Gasteiger partial charge is 0.462 e. The Morgan fingerprint density at radius 3 is 2.50 bits per heavy atom. The number of ether oxygens (including phenoxy) is 1. The molecule has 0 heterocycles. The smallest absolute Gasteiger partial charge is 0.338 e. The van der Waals surface area contributed by atoms with E-state index >= 15 is 0 Å². The fraction of sp³-hybridized carbons (Fsp3) is 0.500. The lowest BCUT2D eigenvalue weighted by atomic mass is 9.70. The molecule has 128 valence electrons. The van der Waals surface area contributed by atoms with Gasteiger partial charge in [0.1, 0.15) is 0 Å². The van der Waals surface area contributed by atoms with E-state index in [0.717, 1.165) is 24.1 Å². The van der Waals surface area contributed by atoms with Crippen molar-refractivity contribution in [1.29, 1.82) is 0 Å². The highest BCUT2D eigenvalue weighted by molar-refractivity contribution is 6.04. The molecule has 1 aromatic rings. The molecular weight excluding hydrogens is 302 g/mol. The molecule has 1 N–H and O–H groups in total. The van der Waals surface area contributed by atoms with Crippen LogP contribution in [0, 0.1) is 16.7 Å². The van der Waals surface area contributed by atoms with Crippen molar-refractivity contribution < 1.29 is 14.3 Å². The maximum atomic E-state index is 12.8. The van der Waals surface area contributed by atoms with Crippen molar-refractivity contribution >= 4 is 17.4 Å². The van der Waals surface area contributed by atoms with Crippen molar-refractivity contribution in [1.82, 2.24) is 0 Å². The van der Waals surface area contributed by atoms with Gasteiger partial charge in [-0.25, -0.2) is 4.79 Å². The van der Waals surface area contributed by atoms with Crippen LogP contribution in [0.2, 0.25) is 0 Å². The van der Waals surface area contributed by atoms with Gasteiger partial charge in [0.2, 0.25) is 0 Å². The average Bonchev–Trinajstić information content (AvgIpc) is 2.86. The minimum atomic E-state index is -0.319. The second-order valence-corrected chi connectivity index (χ2v) is 7.52. The molecule has 0 spiro atoms. The molecule has 3 rings (SSSR count). The Bertz CT molecular complexity index is 702. The van der Waals surface area contributed by atoms with E-state index < -0.39 is 0 Å². The molecule has 0 saturated heterocycles. The number of allylic oxidation sites excluding steroid dienone is 1. The van der Waals surface area contributed by atoms with E-state index in [1.807, 2.05) is 18.3 Å². The number of esters is 1. The number of Topliss-reactive ketones (excluding diaryl/α,β-unsaturated/α-hetero) is 1. The summed E-state index contributed by atoms with van der Waals surface area (Å²) in [4.78, 5) is 24.4. The van der Waals surface area contributed by atoms with Crippen molar-refractivity contribution in [3.8, 4) is 0 Å². The van der Waals surface area contributed by atoms with Crippen LogP contribution in [0.1, 0.15) is 50.9 Å². The fourth-order valence-corrected chi connectivity index (χ4v) is 4.17. The number of carbonyl (C=O) groups excluding carboxylic acids is 2. The Hall–Kier alpha value is -2.10. The van der Waals surface area contributed by atoms with E-state index in [0.29, 0.717) is 18.1 Å². The van der Waals surface area contributed by atoms with E-state index in [9.17, 15) is 9.59 Å². The first-order chi connectivity index (χ1) is 11.3. The molecule has 0 aromatic heterocycles. The summed E-state index contributed by atoms with van der Waals surface area (Å²) in [5, 5.41) is 3.22. The zero-order valence-electron chi connectivity index (χ0n) is 14.8. The van der Waals surface area contributed by atoms with Crippen molar-refractivity contribution in [2.75, 3.05) is 11.9 Å². The van der Waals surface area contributed by atoms with E-state index in [2.05, 4.69) is 26.1 Å². The molecule has 2 aliphatic carbocycles. The molecule has 0 unspecified atom stereocenters. The van der Waals surface area contributed by atoms with Gasteiger partial charge < -0.3 is 10.1 Å². The fourth-order valence-electron chi connectivity index (χ4n) is 4.17. The van der Waals surface area contributed by atoms with Crippen molar-refractivity contribution in [2.45, 2.75) is 40.5 Å². The van der Waals surface area contributed by atoms with Gasteiger partial charge in [0, 0.05) is 22.9 Å². The zero-order chi connectivity index (χ0) is 17.5. The highest BCUT2D eigenvalue weighted by atomic mass is 16.5. The Labute approximate surface area is 143 Å². The van der Waals surface area contributed by atoms with Crippen LogP contribution in [0.5, 0.6) is 0 Å². The van der Waals surface area contributed by atoms with E-state index in [4.69, 9.17) is 4.74 Å².